The molecule has 0 unspecified atom stereocenters. The van der Waals surface area contributed by atoms with Crippen LogP contribution in [0, 0.1) is 11.7 Å². The fourth-order valence-corrected chi connectivity index (χ4v) is 1.83. The van der Waals surface area contributed by atoms with Gasteiger partial charge < -0.3 is 0 Å². The highest BCUT2D eigenvalue weighted by Gasteiger charge is 2.22. The van der Waals surface area contributed by atoms with Crippen LogP contribution in [-0.2, 0) is 4.79 Å². The van der Waals surface area contributed by atoms with E-state index in [1.807, 2.05) is 13.8 Å². The van der Waals surface area contributed by atoms with Gasteiger partial charge in [0, 0.05) is 0 Å². The van der Waals surface area contributed by atoms with Crippen LogP contribution in [0.1, 0.15) is 25.3 Å². The SMILES string of the molecule is CC(C)[C@H](C(=O)Cl)c1ccc(F)cc1. The lowest BCUT2D eigenvalue weighted by Crippen LogP contribution is -2.13. The minimum atomic E-state index is -0.397. The van der Waals surface area contributed by atoms with Crippen LogP contribution in [0.25, 0.3) is 0 Å². The van der Waals surface area contributed by atoms with E-state index in [0.29, 0.717) is 0 Å². The number of rotatable bonds is 3. The van der Waals surface area contributed by atoms with E-state index < -0.39 is 5.24 Å². The first-order chi connectivity index (χ1) is 6.52. The molecule has 0 radical (unpaired) electrons. The predicted molar refractivity (Wildman–Crippen MR) is 54.8 cm³/mol. The number of carbonyl (C=O) groups excluding carboxylic acids is 1. The minimum absolute atomic E-state index is 0.116. The van der Waals surface area contributed by atoms with Crippen molar-refractivity contribution in [2.24, 2.45) is 5.92 Å². The zero-order valence-corrected chi connectivity index (χ0v) is 8.88. The van der Waals surface area contributed by atoms with Crippen LogP contribution in [0.15, 0.2) is 24.3 Å². The first kappa shape index (κ1) is 11.2. The second-order valence-corrected chi connectivity index (χ2v) is 3.95. The normalized spacial score (nSPS) is 12.9. The summed E-state index contributed by atoms with van der Waals surface area (Å²) < 4.78 is 12.6. The molecule has 0 aliphatic heterocycles. The van der Waals surface area contributed by atoms with Crippen LogP contribution in [0.4, 0.5) is 4.39 Å². The van der Waals surface area contributed by atoms with Crippen LogP contribution in [0.5, 0.6) is 0 Å². The van der Waals surface area contributed by atoms with Crippen LogP contribution < -0.4 is 0 Å². The molecule has 0 saturated carbocycles. The highest BCUT2D eigenvalue weighted by Crippen LogP contribution is 2.26. The third-order valence-electron chi connectivity index (χ3n) is 2.14. The molecule has 0 saturated heterocycles. The Morgan fingerprint density at radius 2 is 1.79 bits per heavy atom. The third-order valence-corrected chi connectivity index (χ3v) is 2.38. The lowest BCUT2D eigenvalue weighted by atomic mass is 9.90. The Kier molecular flexibility index (Phi) is 3.64. The molecule has 0 aromatic heterocycles. The molecule has 1 atom stereocenters. The number of halogens is 2. The fourth-order valence-electron chi connectivity index (χ4n) is 1.45. The topological polar surface area (TPSA) is 17.1 Å². The van der Waals surface area contributed by atoms with E-state index in [-0.39, 0.29) is 17.7 Å². The average Bonchev–Trinajstić information content (AvgIpc) is 2.07. The Morgan fingerprint density at radius 3 is 2.14 bits per heavy atom. The zero-order chi connectivity index (χ0) is 10.7. The van der Waals surface area contributed by atoms with Gasteiger partial charge in [-0.1, -0.05) is 26.0 Å². The van der Waals surface area contributed by atoms with E-state index >= 15 is 0 Å². The van der Waals surface area contributed by atoms with Gasteiger partial charge in [-0.2, -0.15) is 0 Å². The van der Waals surface area contributed by atoms with Gasteiger partial charge >= 0.3 is 0 Å². The minimum Gasteiger partial charge on any atom is -0.281 e. The number of carbonyl (C=O) groups is 1. The van der Waals surface area contributed by atoms with Crippen molar-refractivity contribution in [3.05, 3.63) is 35.6 Å². The molecule has 1 aromatic carbocycles. The summed E-state index contributed by atoms with van der Waals surface area (Å²) in [6.45, 7) is 3.82. The van der Waals surface area contributed by atoms with Crippen molar-refractivity contribution < 1.29 is 9.18 Å². The van der Waals surface area contributed by atoms with Crippen LogP contribution in [-0.4, -0.2) is 5.24 Å². The summed E-state index contributed by atoms with van der Waals surface area (Å²) in [5, 5.41) is -0.397. The van der Waals surface area contributed by atoms with Crippen molar-refractivity contribution >= 4 is 16.8 Å². The molecule has 0 fully saturated rings. The molecule has 0 aliphatic rings. The summed E-state index contributed by atoms with van der Waals surface area (Å²) in [7, 11) is 0. The fraction of sp³-hybridized carbons (Fsp3) is 0.364. The molecular weight excluding hydrogens is 203 g/mol. The van der Waals surface area contributed by atoms with Gasteiger partial charge in [0.25, 0.3) is 0 Å². The molecule has 0 bridgehead atoms. The summed E-state index contributed by atoms with van der Waals surface area (Å²) in [4.78, 5) is 11.1. The summed E-state index contributed by atoms with van der Waals surface area (Å²) in [5.41, 5.74) is 0.765. The molecule has 0 spiro atoms. The van der Waals surface area contributed by atoms with Crippen molar-refractivity contribution in [1.82, 2.24) is 0 Å². The van der Waals surface area contributed by atoms with Gasteiger partial charge in [-0.25, -0.2) is 4.39 Å². The highest BCUT2D eigenvalue weighted by atomic mass is 35.5. The summed E-state index contributed by atoms with van der Waals surface area (Å²) in [6.07, 6.45) is 0. The smallest absolute Gasteiger partial charge is 0.229 e. The van der Waals surface area contributed by atoms with Gasteiger partial charge in [-0.3, -0.25) is 4.79 Å². The van der Waals surface area contributed by atoms with Gasteiger partial charge in [0.15, 0.2) is 0 Å². The molecule has 14 heavy (non-hydrogen) atoms. The number of hydrogen-bond acceptors (Lipinski definition) is 1. The monoisotopic (exact) mass is 214 g/mol. The molecule has 0 N–H and O–H groups in total. The van der Waals surface area contributed by atoms with Gasteiger partial charge in [0.2, 0.25) is 5.24 Å². The summed E-state index contributed by atoms with van der Waals surface area (Å²) in [6, 6.07) is 5.87. The summed E-state index contributed by atoms with van der Waals surface area (Å²) in [5.74, 6) is -0.541. The van der Waals surface area contributed by atoms with Crippen molar-refractivity contribution in [1.29, 1.82) is 0 Å². The molecule has 3 heteroatoms. The zero-order valence-electron chi connectivity index (χ0n) is 8.13. The Bertz CT molecular complexity index is 319. The van der Waals surface area contributed by atoms with Crippen LogP contribution >= 0.6 is 11.6 Å². The second-order valence-electron chi connectivity index (χ2n) is 3.58. The maximum atomic E-state index is 12.6. The number of hydrogen-bond donors (Lipinski definition) is 0. The second kappa shape index (κ2) is 4.56. The van der Waals surface area contributed by atoms with E-state index in [9.17, 15) is 9.18 Å². The molecule has 0 heterocycles. The molecule has 1 rings (SSSR count). The Balaban J connectivity index is 3.00. The largest absolute Gasteiger partial charge is 0.281 e. The Morgan fingerprint density at radius 1 is 1.29 bits per heavy atom. The first-order valence-corrected chi connectivity index (χ1v) is 4.85. The van der Waals surface area contributed by atoms with E-state index in [0.717, 1.165) is 5.56 Å². The summed E-state index contributed by atoms with van der Waals surface area (Å²) >= 11 is 5.48. The van der Waals surface area contributed by atoms with E-state index in [1.165, 1.54) is 12.1 Å². The molecular formula is C11H12ClFO. The molecule has 0 amide bonds. The van der Waals surface area contributed by atoms with Crippen molar-refractivity contribution in [3.63, 3.8) is 0 Å². The van der Waals surface area contributed by atoms with Crippen molar-refractivity contribution in [2.45, 2.75) is 19.8 Å². The predicted octanol–water partition coefficient (Wildman–Crippen LogP) is 3.33. The Labute approximate surface area is 87.9 Å². The van der Waals surface area contributed by atoms with E-state index in [1.54, 1.807) is 12.1 Å². The van der Waals surface area contributed by atoms with E-state index in [2.05, 4.69) is 0 Å². The molecule has 1 nitrogen and oxygen atoms in total. The maximum Gasteiger partial charge on any atom is 0.229 e. The molecule has 1 aromatic rings. The van der Waals surface area contributed by atoms with Gasteiger partial charge in [0.05, 0.1) is 5.92 Å². The third kappa shape index (κ3) is 2.55. The Hall–Kier alpha value is -0.890. The molecule has 76 valence electrons. The average molecular weight is 215 g/mol. The van der Waals surface area contributed by atoms with E-state index in [4.69, 9.17) is 11.6 Å². The van der Waals surface area contributed by atoms with Crippen LogP contribution in [0.3, 0.4) is 0 Å². The van der Waals surface area contributed by atoms with Gasteiger partial charge in [-0.15, -0.1) is 0 Å². The lowest BCUT2D eigenvalue weighted by Gasteiger charge is -2.16. The van der Waals surface area contributed by atoms with Crippen LogP contribution in [0.2, 0.25) is 0 Å². The standard InChI is InChI=1S/C11H12ClFO/c1-7(2)10(11(12)14)8-3-5-9(13)6-4-8/h3-7,10H,1-2H3/t10-/m0/s1. The highest BCUT2D eigenvalue weighted by molar-refractivity contribution is 6.64. The number of benzene rings is 1. The van der Waals surface area contributed by atoms with Crippen molar-refractivity contribution in [3.8, 4) is 0 Å². The van der Waals surface area contributed by atoms with Gasteiger partial charge in [-0.05, 0) is 35.2 Å². The first-order valence-electron chi connectivity index (χ1n) is 4.47. The van der Waals surface area contributed by atoms with Gasteiger partial charge in [0.1, 0.15) is 5.82 Å². The quantitative estimate of drug-likeness (QED) is 0.706. The lowest BCUT2D eigenvalue weighted by molar-refractivity contribution is -0.113. The van der Waals surface area contributed by atoms with Crippen molar-refractivity contribution in [2.75, 3.05) is 0 Å². The molecule has 0 aliphatic carbocycles. The maximum absolute atomic E-state index is 12.6.